The summed E-state index contributed by atoms with van der Waals surface area (Å²) in [5, 5.41) is 6.33. The summed E-state index contributed by atoms with van der Waals surface area (Å²) in [4.78, 5) is 31.2. The lowest BCUT2D eigenvalue weighted by Gasteiger charge is -2.30. The van der Waals surface area contributed by atoms with E-state index in [4.69, 9.17) is 23.7 Å². The van der Waals surface area contributed by atoms with E-state index >= 15 is 0 Å². The summed E-state index contributed by atoms with van der Waals surface area (Å²) in [7, 11) is 3.20. The van der Waals surface area contributed by atoms with Crippen molar-refractivity contribution in [2.75, 3.05) is 60.2 Å². The molecule has 2 aliphatic heterocycles. The molecule has 0 spiro atoms. The Kier molecular flexibility index (Phi) is 9.01. The molecule has 216 valence electrons. The number of furan rings is 1. The molecule has 41 heavy (non-hydrogen) atoms. The van der Waals surface area contributed by atoms with E-state index in [0.29, 0.717) is 44.2 Å². The topological polar surface area (TPSA) is 97.1 Å². The Balaban J connectivity index is 1.43. The van der Waals surface area contributed by atoms with Gasteiger partial charge in [-0.2, -0.15) is 5.10 Å². The summed E-state index contributed by atoms with van der Waals surface area (Å²) >= 11 is 0. The maximum Gasteiger partial charge on any atom is 0.290 e. The van der Waals surface area contributed by atoms with Crippen LogP contribution in [0.3, 0.4) is 0 Å². The molecule has 1 fully saturated rings. The van der Waals surface area contributed by atoms with Crippen molar-refractivity contribution in [1.29, 1.82) is 0 Å². The Morgan fingerprint density at radius 1 is 1.05 bits per heavy atom. The fourth-order valence-corrected chi connectivity index (χ4v) is 5.12. The highest BCUT2D eigenvalue weighted by molar-refractivity contribution is 6.05. The van der Waals surface area contributed by atoms with Gasteiger partial charge in [-0.25, -0.2) is 5.01 Å². The molecule has 0 saturated carbocycles. The number of amides is 2. The van der Waals surface area contributed by atoms with Crippen LogP contribution in [0.15, 0.2) is 70.4 Å². The average molecular weight is 561 g/mol. The van der Waals surface area contributed by atoms with Crippen LogP contribution in [0, 0.1) is 6.92 Å². The van der Waals surface area contributed by atoms with Crippen LogP contribution in [-0.4, -0.2) is 92.5 Å². The molecule has 3 heterocycles. The molecule has 5 rings (SSSR count). The number of benzene rings is 2. The van der Waals surface area contributed by atoms with Gasteiger partial charge < -0.3 is 23.5 Å². The Labute approximate surface area is 240 Å². The van der Waals surface area contributed by atoms with E-state index in [1.165, 1.54) is 11.3 Å². The minimum absolute atomic E-state index is 0.136. The molecule has 10 nitrogen and oxygen atoms in total. The third kappa shape index (κ3) is 6.61. The van der Waals surface area contributed by atoms with Crippen LogP contribution in [0.1, 0.15) is 39.7 Å². The number of aryl methyl sites for hydroxylation is 1. The van der Waals surface area contributed by atoms with Gasteiger partial charge in [0, 0.05) is 44.2 Å². The zero-order chi connectivity index (χ0) is 28.8. The largest absolute Gasteiger partial charge is 0.497 e. The number of hydrogen-bond donors (Lipinski definition) is 0. The highest BCUT2D eigenvalue weighted by Gasteiger charge is 2.35. The fourth-order valence-electron chi connectivity index (χ4n) is 5.12. The second kappa shape index (κ2) is 13.0. The van der Waals surface area contributed by atoms with Gasteiger partial charge >= 0.3 is 0 Å². The zero-order valence-electron chi connectivity index (χ0n) is 23.7. The highest BCUT2D eigenvalue weighted by Crippen LogP contribution is 2.36. The van der Waals surface area contributed by atoms with Gasteiger partial charge in [0.15, 0.2) is 5.76 Å². The zero-order valence-corrected chi connectivity index (χ0v) is 23.7. The minimum atomic E-state index is -0.330. The maximum atomic E-state index is 14.0. The van der Waals surface area contributed by atoms with Gasteiger partial charge in [-0.1, -0.05) is 29.8 Å². The number of methoxy groups -OCH3 is 2. The predicted octanol–water partition coefficient (Wildman–Crippen LogP) is 3.76. The Morgan fingerprint density at radius 2 is 1.83 bits per heavy atom. The summed E-state index contributed by atoms with van der Waals surface area (Å²) < 4.78 is 21.8. The van der Waals surface area contributed by atoms with Crippen LogP contribution in [0.2, 0.25) is 0 Å². The predicted molar refractivity (Wildman–Crippen MR) is 153 cm³/mol. The molecule has 10 heteroatoms. The second-order valence-electron chi connectivity index (χ2n) is 10.1. The molecule has 0 radical (unpaired) electrons. The van der Waals surface area contributed by atoms with E-state index in [9.17, 15) is 9.59 Å². The van der Waals surface area contributed by atoms with Crippen LogP contribution in [0.5, 0.6) is 11.5 Å². The lowest BCUT2D eigenvalue weighted by Crippen LogP contribution is -2.46. The van der Waals surface area contributed by atoms with Gasteiger partial charge in [0.05, 0.1) is 45.5 Å². The molecule has 2 aliphatic rings. The van der Waals surface area contributed by atoms with Crippen molar-refractivity contribution < 1.29 is 28.2 Å². The van der Waals surface area contributed by atoms with Crippen molar-refractivity contribution in [2.24, 2.45) is 5.10 Å². The third-order valence-electron chi connectivity index (χ3n) is 7.48. The van der Waals surface area contributed by atoms with Crippen LogP contribution < -0.4 is 9.47 Å². The van der Waals surface area contributed by atoms with Gasteiger partial charge in [-0.05, 0) is 36.8 Å². The molecule has 1 aromatic heterocycles. The first kappa shape index (κ1) is 28.4. The first-order chi connectivity index (χ1) is 20.0. The monoisotopic (exact) mass is 560 g/mol. The van der Waals surface area contributed by atoms with Crippen molar-refractivity contribution in [3.05, 3.63) is 83.3 Å². The number of carbonyl (C=O) groups excluding carboxylic acids is 2. The van der Waals surface area contributed by atoms with Gasteiger partial charge in [-0.15, -0.1) is 0 Å². The van der Waals surface area contributed by atoms with Crippen LogP contribution in [-0.2, 0) is 9.53 Å². The van der Waals surface area contributed by atoms with Gasteiger partial charge in [0.1, 0.15) is 18.0 Å². The maximum absolute atomic E-state index is 14.0. The highest BCUT2D eigenvalue weighted by atomic mass is 16.5. The molecule has 0 bridgehead atoms. The number of rotatable bonds is 10. The van der Waals surface area contributed by atoms with E-state index in [1.54, 1.807) is 37.3 Å². The van der Waals surface area contributed by atoms with Crippen LogP contribution >= 0.6 is 0 Å². The summed E-state index contributed by atoms with van der Waals surface area (Å²) in [5.74, 6) is 0.867. The van der Waals surface area contributed by atoms with Crippen LogP contribution in [0.25, 0.3) is 0 Å². The molecule has 2 amide bonds. The van der Waals surface area contributed by atoms with E-state index in [-0.39, 0.29) is 30.2 Å². The normalized spacial score (nSPS) is 17.3. The van der Waals surface area contributed by atoms with Gasteiger partial charge in [0.25, 0.3) is 11.8 Å². The Hall–Kier alpha value is -4.15. The van der Waals surface area contributed by atoms with E-state index < -0.39 is 0 Å². The fraction of sp³-hybridized carbons (Fsp3) is 0.387. The van der Waals surface area contributed by atoms with Crippen molar-refractivity contribution in [3.63, 3.8) is 0 Å². The Morgan fingerprint density at radius 3 is 2.51 bits per heavy atom. The van der Waals surface area contributed by atoms with Crippen LogP contribution in [0.4, 0.5) is 0 Å². The lowest BCUT2D eigenvalue weighted by atomic mass is 9.97. The quantitative estimate of drug-likeness (QED) is 0.373. The molecule has 1 unspecified atom stereocenters. The number of nitrogens with zero attached hydrogens (tertiary/aromatic N) is 4. The minimum Gasteiger partial charge on any atom is -0.497 e. The SMILES string of the molecule is COc1ccc(C2=NN(C(=O)CN(CCN3CCOCC3)C(=O)c3ccco3)C(c3ccc(C)cc3)C2)c(OC)c1. The van der Waals surface area contributed by atoms with Gasteiger partial charge in [-0.3, -0.25) is 14.5 Å². The standard InChI is InChI=1S/C31H36N4O6/c1-22-6-8-23(9-7-22)27-20-26(25-11-10-24(38-2)19-29(25)39-3)32-35(27)30(36)21-34(31(37)28-5-4-16-41-28)13-12-33-14-17-40-18-15-33/h4-11,16,19,27H,12-15,17-18,20-21H2,1-3H3. The van der Waals surface area contributed by atoms with Crippen molar-refractivity contribution in [2.45, 2.75) is 19.4 Å². The molecular weight excluding hydrogens is 524 g/mol. The molecule has 0 N–H and O–H groups in total. The number of hydrogen-bond acceptors (Lipinski definition) is 8. The van der Waals surface area contributed by atoms with E-state index in [2.05, 4.69) is 4.90 Å². The third-order valence-corrected chi connectivity index (χ3v) is 7.48. The smallest absolute Gasteiger partial charge is 0.290 e. The molecule has 1 atom stereocenters. The lowest BCUT2D eigenvalue weighted by molar-refractivity contribution is -0.133. The summed E-state index contributed by atoms with van der Waals surface area (Å²) in [6, 6.07) is 16.6. The molecule has 2 aromatic carbocycles. The van der Waals surface area contributed by atoms with Crippen molar-refractivity contribution in [1.82, 2.24) is 14.8 Å². The molecule has 1 saturated heterocycles. The summed E-state index contributed by atoms with van der Waals surface area (Å²) in [6.45, 7) is 5.78. The summed E-state index contributed by atoms with van der Waals surface area (Å²) in [5.41, 5.74) is 3.60. The number of hydrazone groups is 1. The number of morpholine rings is 1. The number of ether oxygens (including phenoxy) is 3. The summed E-state index contributed by atoms with van der Waals surface area (Å²) in [6.07, 6.45) is 1.96. The molecular formula is C31H36N4O6. The van der Waals surface area contributed by atoms with Crippen molar-refractivity contribution >= 4 is 17.5 Å². The average Bonchev–Trinajstić information content (AvgIpc) is 3.71. The first-order valence-corrected chi connectivity index (χ1v) is 13.8. The Bertz CT molecular complexity index is 1370. The number of carbonyl (C=O) groups is 2. The van der Waals surface area contributed by atoms with E-state index in [0.717, 1.165) is 35.5 Å². The molecule has 3 aromatic rings. The second-order valence-corrected chi connectivity index (χ2v) is 10.1. The van der Waals surface area contributed by atoms with E-state index in [1.807, 2.05) is 43.3 Å². The first-order valence-electron chi connectivity index (χ1n) is 13.8. The van der Waals surface area contributed by atoms with Gasteiger partial charge in [0.2, 0.25) is 0 Å². The molecule has 0 aliphatic carbocycles. The van der Waals surface area contributed by atoms with Crippen molar-refractivity contribution in [3.8, 4) is 11.5 Å².